The Kier molecular flexibility index (Phi) is 5.53. The molecule has 0 aliphatic carbocycles. The first-order valence-electron chi connectivity index (χ1n) is 15.1. The summed E-state index contributed by atoms with van der Waals surface area (Å²) in [6.07, 6.45) is 5.86. The van der Waals surface area contributed by atoms with Gasteiger partial charge in [-0.3, -0.25) is 4.57 Å². The number of rotatable bonds is 4. The van der Waals surface area contributed by atoms with Crippen LogP contribution in [0.2, 0.25) is 0 Å². The zero-order valence-electron chi connectivity index (χ0n) is 24.7. The van der Waals surface area contributed by atoms with Crippen LogP contribution in [0.3, 0.4) is 0 Å². The smallest absolute Gasteiger partial charge is 0.235 e. The number of furan rings is 1. The Morgan fingerprint density at radius 3 is 2.16 bits per heavy atom. The first-order valence-corrected chi connectivity index (χ1v) is 15.1. The van der Waals surface area contributed by atoms with E-state index in [9.17, 15) is 0 Å². The van der Waals surface area contributed by atoms with Crippen molar-refractivity contribution in [3.8, 4) is 17.2 Å². The minimum Gasteiger partial charge on any atom is -0.454 e. The Morgan fingerprint density at radius 2 is 1.36 bits per heavy atom. The topological polar surface area (TPSA) is 43.9 Å². The van der Waals surface area contributed by atoms with Crippen LogP contribution in [0.5, 0.6) is 0 Å². The van der Waals surface area contributed by atoms with Gasteiger partial charge in [-0.25, -0.2) is 9.97 Å². The molecule has 0 aliphatic heterocycles. The SMILES string of the molecule is C=C/C=C\c1c(C)ccc2c(-c3ccccc3)nc(-n3c4ccccc4c4c5ccccc5c5c6ccccc6oc5c43)nc12. The van der Waals surface area contributed by atoms with E-state index in [4.69, 9.17) is 14.4 Å². The zero-order valence-corrected chi connectivity index (χ0v) is 24.7. The minimum absolute atomic E-state index is 0.600. The lowest BCUT2D eigenvalue weighted by molar-refractivity contribution is 0.671. The summed E-state index contributed by atoms with van der Waals surface area (Å²) in [7, 11) is 0. The summed E-state index contributed by atoms with van der Waals surface area (Å²) in [5.41, 5.74) is 8.69. The molecular weight excluding hydrogens is 550 g/mol. The molecule has 45 heavy (non-hydrogen) atoms. The number of fused-ring (bicyclic) bond motifs is 11. The highest BCUT2D eigenvalue weighted by atomic mass is 16.3. The summed E-state index contributed by atoms with van der Waals surface area (Å²) < 4.78 is 8.97. The first kappa shape index (κ1) is 25.5. The van der Waals surface area contributed by atoms with Crippen LogP contribution in [0, 0.1) is 6.92 Å². The molecule has 0 fully saturated rings. The number of aromatic nitrogens is 3. The van der Waals surface area contributed by atoms with Gasteiger partial charge in [0.25, 0.3) is 0 Å². The van der Waals surface area contributed by atoms with Crippen molar-refractivity contribution < 1.29 is 4.42 Å². The van der Waals surface area contributed by atoms with E-state index in [-0.39, 0.29) is 0 Å². The van der Waals surface area contributed by atoms with Crippen molar-refractivity contribution >= 4 is 71.5 Å². The molecule has 6 aromatic carbocycles. The van der Waals surface area contributed by atoms with Gasteiger partial charge in [-0.15, -0.1) is 0 Å². The number of nitrogens with zero attached hydrogens (tertiary/aromatic N) is 3. The van der Waals surface area contributed by atoms with Crippen LogP contribution < -0.4 is 0 Å². The van der Waals surface area contributed by atoms with Gasteiger partial charge in [-0.2, -0.15) is 0 Å². The molecule has 0 radical (unpaired) electrons. The fourth-order valence-electron chi connectivity index (χ4n) is 6.93. The second-order valence-electron chi connectivity index (χ2n) is 11.4. The summed E-state index contributed by atoms with van der Waals surface area (Å²) in [6.45, 7) is 6.04. The number of para-hydroxylation sites is 2. The van der Waals surface area contributed by atoms with Gasteiger partial charge in [0.2, 0.25) is 5.95 Å². The van der Waals surface area contributed by atoms with Crippen molar-refractivity contribution in [2.45, 2.75) is 6.92 Å². The van der Waals surface area contributed by atoms with Crippen LogP contribution in [0.25, 0.3) is 88.7 Å². The summed E-state index contributed by atoms with van der Waals surface area (Å²) in [4.78, 5) is 10.8. The molecule has 3 aromatic heterocycles. The maximum absolute atomic E-state index is 6.77. The Labute approximate surface area is 259 Å². The Balaban J connectivity index is 1.53. The van der Waals surface area contributed by atoms with Crippen molar-refractivity contribution in [3.63, 3.8) is 0 Å². The van der Waals surface area contributed by atoms with Crippen molar-refractivity contribution in [2.75, 3.05) is 0 Å². The highest BCUT2D eigenvalue weighted by molar-refractivity contribution is 6.35. The molecule has 0 N–H and O–H groups in total. The number of hydrogen-bond acceptors (Lipinski definition) is 3. The molecule has 0 unspecified atom stereocenters. The van der Waals surface area contributed by atoms with Gasteiger partial charge < -0.3 is 4.42 Å². The molecule has 3 heterocycles. The van der Waals surface area contributed by atoms with E-state index in [1.54, 1.807) is 6.08 Å². The normalized spacial score (nSPS) is 12.1. The van der Waals surface area contributed by atoms with Gasteiger partial charge in [0, 0.05) is 38.1 Å². The molecule has 0 saturated heterocycles. The van der Waals surface area contributed by atoms with Crippen LogP contribution >= 0.6 is 0 Å². The van der Waals surface area contributed by atoms with Crippen molar-refractivity contribution in [1.29, 1.82) is 0 Å². The second-order valence-corrected chi connectivity index (χ2v) is 11.4. The third-order valence-corrected chi connectivity index (χ3v) is 8.91. The van der Waals surface area contributed by atoms with E-state index < -0.39 is 0 Å². The lowest BCUT2D eigenvalue weighted by atomic mass is 9.99. The van der Waals surface area contributed by atoms with E-state index in [1.165, 1.54) is 10.8 Å². The van der Waals surface area contributed by atoms with Crippen molar-refractivity contribution in [1.82, 2.24) is 14.5 Å². The molecule has 9 rings (SSSR count). The van der Waals surface area contributed by atoms with Crippen LogP contribution in [0.15, 0.2) is 138 Å². The van der Waals surface area contributed by atoms with Crippen LogP contribution in [0.1, 0.15) is 11.1 Å². The summed E-state index contributed by atoms with van der Waals surface area (Å²) in [5.74, 6) is 0.600. The Hall–Kier alpha value is -6.00. The van der Waals surface area contributed by atoms with Crippen molar-refractivity contribution in [3.05, 3.63) is 145 Å². The van der Waals surface area contributed by atoms with E-state index in [1.807, 2.05) is 24.3 Å². The minimum atomic E-state index is 0.600. The van der Waals surface area contributed by atoms with E-state index >= 15 is 0 Å². The van der Waals surface area contributed by atoms with Crippen LogP contribution in [-0.4, -0.2) is 14.5 Å². The molecule has 0 aliphatic rings. The van der Waals surface area contributed by atoms with Crippen LogP contribution in [0.4, 0.5) is 0 Å². The monoisotopic (exact) mass is 577 g/mol. The maximum atomic E-state index is 6.77. The van der Waals surface area contributed by atoms with Crippen LogP contribution in [-0.2, 0) is 0 Å². The van der Waals surface area contributed by atoms with Gasteiger partial charge in [0.15, 0.2) is 5.58 Å². The number of allylic oxidation sites excluding steroid dienone is 2. The molecule has 0 amide bonds. The third-order valence-electron chi connectivity index (χ3n) is 8.91. The molecule has 4 nitrogen and oxygen atoms in total. The van der Waals surface area contributed by atoms with E-state index in [0.717, 1.165) is 77.0 Å². The summed E-state index contributed by atoms with van der Waals surface area (Å²) in [6, 6.07) is 40.1. The van der Waals surface area contributed by atoms with Gasteiger partial charge in [0.05, 0.1) is 16.7 Å². The predicted octanol–water partition coefficient (Wildman–Crippen LogP) is 11.0. The predicted molar refractivity (Wildman–Crippen MR) is 188 cm³/mol. The molecule has 0 bridgehead atoms. The molecule has 4 heteroatoms. The fraction of sp³-hybridized carbons (Fsp3) is 0.0244. The molecule has 212 valence electrons. The molecule has 9 aromatic rings. The highest BCUT2D eigenvalue weighted by Crippen LogP contribution is 2.45. The third kappa shape index (κ3) is 3.66. The number of hydrogen-bond donors (Lipinski definition) is 0. The average molecular weight is 578 g/mol. The molecule has 0 spiro atoms. The van der Waals surface area contributed by atoms with Gasteiger partial charge in [-0.1, -0.05) is 128 Å². The van der Waals surface area contributed by atoms with Crippen molar-refractivity contribution in [2.24, 2.45) is 0 Å². The Bertz CT molecular complexity index is 2670. The number of benzene rings is 6. The average Bonchev–Trinajstić information content (AvgIpc) is 3.65. The summed E-state index contributed by atoms with van der Waals surface area (Å²) >= 11 is 0. The second kappa shape index (κ2) is 9.76. The van der Waals surface area contributed by atoms with E-state index in [0.29, 0.717) is 5.95 Å². The van der Waals surface area contributed by atoms with E-state index in [2.05, 4.69) is 121 Å². The molecule has 0 atom stereocenters. The van der Waals surface area contributed by atoms with Gasteiger partial charge in [-0.05, 0) is 35.4 Å². The number of aryl methyl sites for hydroxylation is 1. The first-order chi connectivity index (χ1) is 22.2. The quantitative estimate of drug-likeness (QED) is 0.195. The molecular formula is C41H27N3O. The lowest BCUT2D eigenvalue weighted by Gasteiger charge is -2.14. The largest absolute Gasteiger partial charge is 0.454 e. The standard InChI is InChI=1S/C41H27N3O/c1-3-4-16-27-25(2)23-24-32-37(26-14-6-5-7-15-26)42-41(43-38(27)32)44-33-21-12-10-19-30(33)35-28-17-8-9-18-29(28)36-31-20-11-13-22-34(31)45-40(36)39(35)44/h3-24H,1H2,2H3/b16-4-. The zero-order chi connectivity index (χ0) is 30.1. The Morgan fingerprint density at radius 1 is 0.667 bits per heavy atom. The maximum Gasteiger partial charge on any atom is 0.235 e. The van der Waals surface area contributed by atoms with Gasteiger partial charge in [0.1, 0.15) is 11.1 Å². The summed E-state index contributed by atoms with van der Waals surface area (Å²) in [5, 5.41) is 7.81. The molecule has 0 saturated carbocycles. The fourth-order valence-corrected chi connectivity index (χ4v) is 6.93. The van der Waals surface area contributed by atoms with Gasteiger partial charge >= 0.3 is 0 Å². The highest BCUT2D eigenvalue weighted by Gasteiger charge is 2.25. The lowest BCUT2D eigenvalue weighted by Crippen LogP contribution is -2.05.